The van der Waals surface area contributed by atoms with Crippen LogP contribution in [0.1, 0.15) is 24.4 Å². The van der Waals surface area contributed by atoms with Gasteiger partial charge in [-0.15, -0.1) is 0 Å². The normalized spacial score (nSPS) is 21.4. The monoisotopic (exact) mass is 555 g/mol. The van der Waals surface area contributed by atoms with E-state index in [1.54, 1.807) is 10.9 Å². The van der Waals surface area contributed by atoms with E-state index in [0.717, 1.165) is 54.7 Å². The van der Waals surface area contributed by atoms with E-state index in [9.17, 15) is 14.6 Å². The molecule has 0 bridgehead atoms. The molecule has 39 heavy (non-hydrogen) atoms. The highest BCUT2D eigenvalue weighted by molar-refractivity contribution is 6.28. The molecule has 0 radical (unpaired) electrons. The number of halogens is 2. The quantitative estimate of drug-likeness (QED) is 0.193. The number of aromatic nitrogens is 5. The predicted molar refractivity (Wildman–Crippen MR) is 149 cm³/mol. The number of hydrogen-bond donors (Lipinski definition) is 3. The fourth-order valence-corrected chi connectivity index (χ4v) is 5.68. The Morgan fingerprint density at radius 1 is 1.15 bits per heavy atom. The average molecular weight is 556 g/mol. The van der Waals surface area contributed by atoms with Gasteiger partial charge in [-0.3, -0.25) is 4.68 Å². The maximum absolute atomic E-state index is 13.0. The van der Waals surface area contributed by atoms with Crippen molar-refractivity contribution in [3.8, 4) is 11.3 Å². The zero-order valence-corrected chi connectivity index (χ0v) is 23.0. The molecule has 0 aliphatic heterocycles. The first-order valence-electron chi connectivity index (χ1n) is 13.3. The van der Waals surface area contributed by atoms with Crippen molar-refractivity contribution in [3.63, 3.8) is 0 Å². The summed E-state index contributed by atoms with van der Waals surface area (Å²) in [6.07, 6.45) is 6.13. The highest BCUT2D eigenvalue weighted by Gasteiger charge is 2.43. The maximum atomic E-state index is 13.0. The highest BCUT2D eigenvalue weighted by Crippen LogP contribution is 2.40. The molecular formula is C28H35ClFN7O2. The first-order chi connectivity index (χ1) is 18.8. The Hall–Kier alpha value is -2.89. The van der Waals surface area contributed by atoms with Crippen LogP contribution in [0.15, 0.2) is 48.9 Å². The number of rotatable bonds is 11. The minimum atomic E-state index is -0.933. The number of benzene rings is 1. The molecule has 0 saturated heterocycles. The van der Waals surface area contributed by atoms with Gasteiger partial charge >= 0.3 is 0 Å². The van der Waals surface area contributed by atoms with Crippen LogP contribution in [0.2, 0.25) is 5.28 Å². The summed E-state index contributed by atoms with van der Waals surface area (Å²) in [6, 6.07) is 8.18. The van der Waals surface area contributed by atoms with E-state index in [2.05, 4.69) is 25.3 Å². The van der Waals surface area contributed by atoms with Gasteiger partial charge < -0.3 is 25.0 Å². The van der Waals surface area contributed by atoms with Gasteiger partial charge in [0.25, 0.3) is 0 Å². The van der Waals surface area contributed by atoms with Crippen LogP contribution in [0.5, 0.6) is 0 Å². The van der Waals surface area contributed by atoms with Gasteiger partial charge in [0.1, 0.15) is 17.6 Å². The second kappa shape index (κ2) is 12.1. The third-order valence-electron chi connectivity index (χ3n) is 7.60. The first kappa shape index (κ1) is 27.7. The van der Waals surface area contributed by atoms with Crippen molar-refractivity contribution in [2.24, 2.45) is 13.0 Å². The lowest BCUT2D eigenvalue weighted by atomic mass is 10.1. The molecule has 3 aromatic heterocycles. The van der Waals surface area contributed by atoms with Crippen molar-refractivity contribution in [2.45, 2.75) is 37.5 Å². The van der Waals surface area contributed by atoms with Gasteiger partial charge in [-0.25, -0.2) is 9.37 Å². The van der Waals surface area contributed by atoms with Crippen LogP contribution in [0.3, 0.4) is 0 Å². The molecule has 208 valence electrons. The van der Waals surface area contributed by atoms with Crippen LogP contribution >= 0.6 is 11.6 Å². The number of hydrogen-bond acceptors (Lipinski definition) is 7. The van der Waals surface area contributed by atoms with Crippen LogP contribution in [0, 0.1) is 11.7 Å². The second-order valence-corrected chi connectivity index (χ2v) is 10.8. The molecule has 3 N–H and O–H groups in total. The molecule has 3 heterocycles. The third kappa shape index (κ3) is 6.31. The molecule has 1 fully saturated rings. The lowest BCUT2D eigenvalue weighted by Gasteiger charge is -2.23. The van der Waals surface area contributed by atoms with E-state index >= 15 is 0 Å². The first-order valence-corrected chi connectivity index (χ1v) is 13.7. The average Bonchev–Trinajstić information content (AvgIpc) is 3.58. The molecule has 0 amide bonds. The van der Waals surface area contributed by atoms with E-state index in [-0.39, 0.29) is 23.1 Å². The topological polar surface area (TPSA) is 104 Å². The Labute approximate surface area is 232 Å². The number of aliphatic hydroxyl groups excluding tert-OH is 2. The van der Waals surface area contributed by atoms with Crippen molar-refractivity contribution in [2.75, 3.05) is 33.2 Å². The largest absolute Gasteiger partial charge is 0.390 e. The van der Waals surface area contributed by atoms with Gasteiger partial charge in [0.05, 0.1) is 17.8 Å². The zero-order chi connectivity index (χ0) is 27.5. The van der Waals surface area contributed by atoms with Gasteiger partial charge in [0, 0.05) is 49.1 Å². The predicted octanol–water partition coefficient (Wildman–Crippen LogP) is 3.06. The molecule has 1 aliphatic rings. The van der Waals surface area contributed by atoms with Crippen LogP contribution < -0.4 is 5.32 Å². The third-order valence-corrected chi connectivity index (χ3v) is 7.79. The second-order valence-electron chi connectivity index (χ2n) is 10.5. The SMILES string of the molecule is CN(CCCNCCc1ccc(F)cc1)C[C@H]1C[C@@H](n2cc(-c3ccn(C)n3)c3cnc(Cl)nc32)[C@H](O)[C@@H]1O. The van der Waals surface area contributed by atoms with E-state index in [1.165, 1.54) is 12.1 Å². The van der Waals surface area contributed by atoms with Gasteiger partial charge in [-0.2, -0.15) is 10.1 Å². The molecule has 5 rings (SSSR count). The molecule has 0 spiro atoms. The Bertz CT molecular complexity index is 1390. The lowest BCUT2D eigenvalue weighted by molar-refractivity contribution is 0.00170. The van der Waals surface area contributed by atoms with Crippen molar-refractivity contribution in [1.82, 2.24) is 34.5 Å². The van der Waals surface area contributed by atoms with E-state index in [1.807, 2.05) is 49.3 Å². The fraction of sp³-hybridized carbons (Fsp3) is 0.464. The molecule has 1 aromatic carbocycles. The fourth-order valence-electron chi connectivity index (χ4n) is 5.55. The van der Waals surface area contributed by atoms with Gasteiger partial charge in [-0.05, 0) is 81.3 Å². The highest BCUT2D eigenvalue weighted by atomic mass is 35.5. The number of nitrogens with one attached hydrogen (secondary N) is 1. The minimum Gasteiger partial charge on any atom is -0.390 e. The molecule has 9 nitrogen and oxygen atoms in total. The van der Waals surface area contributed by atoms with E-state index in [0.29, 0.717) is 18.6 Å². The van der Waals surface area contributed by atoms with Crippen molar-refractivity contribution >= 4 is 22.6 Å². The number of aliphatic hydroxyl groups is 2. The molecular weight excluding hydrogens is 521 g/mol. The Morgan fingerprint density at radius 2 is 1.95 bits per heavy atom. The van der Waals surface area contributed by atoms with Crippen LogP contribution in [0.4, 0.5) is 4.39 Å². The Balaban J connectivity index is 1.17. The van der Waals surface area contributed by atoms with Crippen LogP contribution in [0.25, 0.3) is 22.3 Å². The molecule has 1 aliphatic carbocycles. The van der Waals surface area contributed by atoms with Crippen molar-refractivity contribution in [3.05, 3.63) is 65.6 Å². The summed E-state index contributed by atoms with van der Waals surface area (Å²) in [5.74, 6) is -0.301. The van der Waals surface area contributed by atoms with E-state index in [4.69, 9.17) is 11.6 Å². The summed E-state index contributed by atoms with van der Waals surface area (Å²) in [5, 5.41) is 30.9. The number of aryl methyl sites for hydroxylation is 1. The van der Waals surface area contributed by atoms with Crippen molar-refractivity contribution in [1.29, 1.82) is 0 Å². The molecule has 4 aromatic rings. The van der Waals surface area contributed by atoms with Gasteiger partial charge in [-0.1, -0.05) is 12.1 Å². The summed E-state index contributed by atoms with van der Waals surface area (Å²) < 4.78 is 16.7. The van der Waals surface area contributed by atoms with Gasteiger partial charge in [0.15, 0.2) is 0 Å². The molecule has 0 unspecified atom stereocenters. The Morgan fingerprint density at radius 3 is 2.69 bits per heavy atom. The van der Waals surface area contributed by atoms with E-state index < -0.39 is 12.2 Å². The maximum Gasteiger partial charge on any atom is 0.224 e. The summed E-state index contributed by atoms with van der Waals surface area (Å²) in [4.78, 5) is 10.8. The summed E-state index contributed by atoms with van der Waals surface area (Å²) in [7, 11) is 3.90. The number of fused-ring (bicyclic) bond motifs is 1. The minimum absolute atomic E-state index is 0.0884. The van der Waals surface area contributed by atoms with Crippen LogP contribution in [-0.4, -0.2) is 84.9 Å². The zero-order valence-electron chi connectivity index (χ0n) is 22.2. The summed E-state index contributed by atoms with van der Waals surface area (Å²) in [6.45, 7) is 3.25. The molecule has 1 saturated carbocycles. The Kier molecular flexibility index (Phi) is 8.58. The molecule has 11 heteroatoms. The van der Waals surface area contributed by atoms with Crippen LogP contribution in [-0.2, 0) is 13.5 Å². The van der Waals surface area contributed by atoms with Crippen molar-refractivity contribution < 1.29 is 14.6 Å². The summed E-state index contributed by atoms with van der Waals surface area (Å²) in [5.41, 5.74) is 3.37. The number of nitrogens with zero attached hydrogens (tertiary/aromatic N) is 6. The van der Waals surface area contributed by atoms with Gasteiger partial charge in [0.2, 0.25) is 5.28 Å². The molecule has 4 atom stereocenters. The standard InChI is InChI=1S/C28H35ClFN7O2/c1-35(12-3-10-31-11-8-18-4-6-20(30)7-5-18)16-19-14-24(26(39)25(19)38)37-17-22(23-9-13-36(2)34-23)21-15-32-28(29)33-27(21)37/h4-7,9,13,15,17,19,24-26,31,38-39H,3,8,10-12,14,16H2,1-2H3/t19-,24-,25-,26+/m1/s1. The smallest absolute Gasteiger partial charge is 0.224 e. The lowest BCUT2D eigenvalue weighted by Crippen LogP contribution is -2.35. The summed E-state index contributed by atoms with van der Waals surface area (Å²) >= 11 is 6.14.